The molecule has 1 saturated heterocycles. The van der Waals surface area contributed by atoms with Gasteiger partial charge in [0.15, 0.2) is 0 Å². The molecule has 1 atom stereocenters. The van der Waals surface area contributed by atoms with Crippen molar-refractivity contribution in [2.45, 2.75) is 12.6 Å². The lowest BCUT2D eigenvalue weighted by Gasteiger charge is -2.40. The lowest BCUT2D eigenvalue weighted by molar-refractivity contribution is -0.127. The number of halogens is 1. The number of carbonyl (C=O) groups excluding carboxylic acids is 4. The molecule has 196 valence electrons. The van der Waals surface area contributed by atoms with Crippen molar-refractivity contribution in [3.05, 3.63) is 101 Å². The Kier molecular flexibility index (Phi) is 8.60. The van der Waals surface area contributed by atoms with E-state index in [9.17, 15) is 19.2 Å². The maximum absolute atomic E-state index is 13.3. The lowest BCUT2D eigenvalue weighted by Crippen LogP contribution is -2.62. The molecule has 2 N–H and O–H groups in total. The summed E-state index contributed by atoms with van der Waals surface area (Å²) in [5.74, 6) is -1.16. The zero-order chi connectivity index (χ0) is 27.1. The number of urea groups is 1. The number of ether oxygens (including phenoxy) is 1. The molecule has 3 aromatic carbocycles. The van der Waals surface area contributed by atoms with Crippen LogP contribution < -0.4 is 10.6 Å². The van der Waals surface area contributed by atoms with Crippen molar-refractivity contribution in [1.29, 1.82) is 0 Å². The van der Waals surface area contributed by atoms with Gasteiger partial charge in [-0.15, -0.1) is 0 Å². The van der Waals surface area contributed by atoms with Crippen LogP contribution in [0.3, 0.4) is 0 Å². The van der Waals surface area contributed by atoms with Crippen molar-refractivity contribution in [2.24, 2.45) is 0 Å². The second-order valence-corrected chi connectivity index (χ2v) is 9.11. The Bertz CT molecular complexity index is 1300. The Labute approximate surface area is 225 Å². The Balaban J connectivity index is 1.48. The van der Waals surface area contributed by atoms with Gasteiger partial charge in [-0.1, -0.05) is 41.9 Å². The van der Waals surface area contributed by atoms with Gasteiger partial charge < -0.3 is 25.2 Å². The van der Waals surface area contributed by atoms with Crippen molar-refractivity contribution in [3.63, 3.8) is 0 Å². The van der Waals surface area contributed by atoms with Gasteiger partial charge in [-0.05, 0) is 54.1 Å². The number of methoxy groups -OCH3 is 1. The quantitative estimate of drug-likeness (QED) is 0.468. The predicted molar refractivity (Wildman–Crippen MR) is 143 cm³/mol. The molecule has 0 bridgehead atoms. The number of benzene rings is 3. The zero-order valence-corrected chi connectivity index (χ0v) is 21.5. The largest absolute Gasteiger partial charge is 0.465 e. The molecule has 1 unspecified atom stereocenters. The maximum Gasteiger partial charge on any atom is 0.337 e. The molecule has 0 aromatic heterocycles. The average molecular weight is 535 g/mol. The fraction of sp³-hybridized carbons (Fsp3) is 0.214. The van der Waals surface area contributed by atoms with Gasteiger partial charge in [0, 0.05) is 35.9 Å². The van der Waals surface area contributed by atoms with Crippen molar-refractivity contribution in [1.82, 2.24) is 15.1 Å². The van der Waals surface area contributed by atoms with Gasteiger partial charge in [0.05, 0.1) is 19.2 Å². The van der Waals surface area contributed by atoms with E-state index in [1.54, 1.807) is 48.5 Å². The standard InChI is InChI=1S/C28H27ClN4O5/c1-38-27(36)21-9-13-23(14-10-21)31-28(37)32-15-16-33(26(35)20-7-11-22(29)12-8-20)24(18-32)25(34)30-17-19-5-3-2-4-6-19/h2-14,24H,15-18H2,1H3,(H,30,34)(H,31,37). The summed E-state index contributed by atoms with van der Waals surface area (Å²) >= 11 is 5.97. The first-order valence-electron chi connectivity index (χ1n) is 12.0. The van der Waals surface area contributed by atoms with Gasteiger partial charge >= 0.3 is 12.0 Å². The normalized spacial score (nSPS) is 14.9. The Morgan fingerprint density at radius 1 is 0.895 bits per heavy atom. The molecule has 1 heterocycles. The van der Waals surface area contributed by atoms with Gasteiger partial charge in [-0.2, -0.15) is 0 Å². The van der Waals surface area contributed by atoms with Crippen LogP contribution in [0.4, 0.5) is 10.5 Å². The molecular formula is C28H27ClN4O5. The topological polar surface area (TPSA) is 108 Å². The first-order valence-corrected chi connectivity index (χ1v) is 12.4. The van der Waals surface area contributed by atoms with Gasteiger partial charge in [-0.3, -0.25) is 9.59 Å². The molecule has 9 nitrogen and oxygen atoms in total. The van der Waals surface area contributed by atoms with Crippen LogP contribution in [-0.4, -0.2) is 66.4 Å². The Hall–Kier alpha value is -4.37. The zero-order valence-electron chi connectivity index (χ0n) is 20.7. The summed E-state index contributed by atoms with van der Waals surface area (Å²) in [6.45, 7) is 0.692. The number of anilines is 1. The summed E-state index contributed by atoms with van der Waals surface area (Å²) < 4.78 is 4.69. The van der Waals surface area contributed by atoms with Crippen LogP contribution in [0.5, 0.6) is 0 Å². The van der Waals surface area contributed by atoms with Gasteiger partial charge in [-0.25, -0.2) is 9.59 Å². The Morgan fingerprint density at radius 2 is 1.55 bits per heavy atom. The number of nitrogens with zero attached hydrogens (tertiary/aromatic N) is 2. The van der Waals surface area contributed by atoms with Crippen LogP contribution in [-0.2, 0) is 16.1 Å². The van der Waals surface area contributed by atoms with Crippen molar-refractivity contribution in [2.75, 3.05) is 32.1 Å². The first-order chi connectivity index (χ1) is 18.4. The highest BCUT2D eigenvalue weighted by Gasteiger charge is 2.37. The smallest absolute Gasteiger partial charge is 0.337 e. The van der Waals surface area contributed by atoms with E-state index in [0.29, 0.717) is 21.8 Å². The van der Waals surface area contributed by atoms with Crippen LogP contribution in [0, 0.1) is 0 Å². The van der Waals surface area contributed by atoms with E-state index in [-0.39, 0.29) is 38.0 Å². The molecule has 0 saturated carbocycles. The summed E-state index contributed by atoms with van der Waals surface area (Å²) in [5, 5.41) is 6.17. The minimum Gasteiger partial charge on any atom is -0.465 e. The minimum absolute atomic E-state index is 0.00598. The molecule has 4 rings (SSSR count). The molecule has 10 heteroatoms. The van der Waals surface area contributed by atoms with Gasteiger partial charge in [0.2, 0.25) is 5.91 Å². The number of nitrogens with one attached hydrogen (secondary N) is 2. The third-order valence-corrected chi connectivity index (χ3v) is 6.44. The third-order valence-electron chi connectivity index (χ3n) is 6.19. The number of esters is 1. The first kappa shape index (κ1) is 26.7. The highest BCUT2D eigenvalue weighted by Crippen LogP contribution is 2.19. The molecule has 38 heavy (non-hydrogen) atoms. The molecule has 0 aliphatic carbocycles. The van der Waals surface area contributed by atoms with E-state index < -0.39 is 18.0 Å². The molecule has 0 radical (unpaired) electrons. The molecule has 0 spiro atoms. The molecule has 3 aromatic rings. The number of carbonyl (C=O) groups is 4. The fourth-order valence-corrected chi connectivity index (χ4v) is 4.23. The van der Waals surface area contributed by atoms with E-state index in [4.69, 9.17) is 16.3 Å². The minimum atomic E-state index is -0.900. The predicted octanol–water partition coefficient (Wildman–Crippen LogP) is 3.80. The SMILES string of the molecule is COC(=O)c1ccc(NC(=O)N2CCN(C(=O)c3ccc(Cl)cc3)C(C(=O)NCc3ccccc3)C2)cc1. The van der Waals surface area contributed by atoms with E-state index in [0.717, 1.165) is 5.56 Å². The van der Waals surface area contributed by atoms with Gasteiger partial charge in [0.1, 0.15) is 6.04 Å². The average Bonchev–Trinajstić information content (AvgIpc) is 2.96. The van der Waals surface area contributed by atoms with E-state index in [1.807, 2.05) is 30.3 Å². The van der Waals surface area contributed by atoms with Crippen LogP contribution in [0.15, 0.2) is 78.9 Å². The summed E-state index contributed by atoms with van der Waals surface area (Å²) in [5.41, 5.74) is 2.15. The maximum atomic E-state index is 13.3. The van der Waals surface area contributed by atoms with Crippen LogP contribution in [0.2, 0.25) is 5.02 Å². The van der Waals surface area contributed by atoms with Crippen LogP contribution in [0.25, 0.3) is 0 Å². The van der Waals surface area contributed by atoms with E-state index in [1.165, 1.54) is 16.9 Å². The molecule has 1 aliphatic heterocycles. The van der Waals surface area contributed by atoms with Crippen molar-refractivity contribution >= 4 is 41.1 Å². The summed E-state index contributed by atoms with van der Waals surface area (Å²) in [6.07, 6.45) is 0. The monoisotopic (exact) mass is 534 g/mol. The van der Waals surface area contributed by atoms with Crippen LogP contribution >= 0.6 is 11.6 Å². The fourth-order valence-electron chi connectivity index (χ4n) is 4.11. The van der Waals surface area contributed by atoms with Crippen molar-refractivity contribution in [3.8, 4) is 0 Å². The lowest BCUT2D eigenvalue weighted by atomic mass is 10.1. The molecular weight excluding hydrogens is 508 g/mol. The summed E-state index contributed by atoms with van der Waals surface area (Å²) in [7, 11) is 1.29. The van der Waals surface area contributed by atoms with E-state index >= 15 is 0 Å². The number of hydrogen-bond acceptors (Lipinski definition) is 5. The van der Waals surface area contributed by atoms with Crippen LogP contribution in [0.1, 0.15) is 26.3 Å². The highest BCUT2D eigenvalue weighted by molar-refractivity contribution is 6.30. The molecule has 4 amide bonds. The number of rotatable bonds is 6. The third kappa shape index (κ3) is 6.49. The second-order valence-electron chi connectivity index (χ2n) is 8.67. The summed E-state index contributed by atoms with van der Waals surface area (Å²) in [4.78, 5) is 54.3. The molecule has 1 aliphatic rings. The second kappa shape index (κ2) is 12.2. The number of piperazine rings is 1. The highest BCUT2D eigenvalue weighted by atomic mass is 35.5. The Morgan fingerprint density at radius 3 is 2.21 bits per heavy atom. The number of hydrogen-bond donors (Lipinski definition) is 2. The van der Waals surface area contributed by atoms with Gasteiger partial charge in [0.25, 0.3) is 5.91 Å². The number of amides is 4. The summed E-state index contributed by atoms with van der Waals surface area (Å²) in [6, 6.07) is 20.8. The van der Waals surface area contributed by atoms with E-state index in [2.05, 4.69) is 10.6 Å². The molecule has 1 fully saturated rings. The van der Waals surface area contributed by atoms with Crippen molar-refractivity contribution < 1.29 is 23.9 Å².